The third-order valence-electron chi connectivity index (χ3n) is 4.01. The van der Waals surface area contributed by atoms with Gasteiger partial charge < -0.3 is 15.8 Å². The molecule has 0 spiro atoms. The van der Waals surface area contributed by atoms with Crippen molar-refractivity contribution in [3.63, 3.8) is 0 Å². The highest BCUT2D eigenvalue weighted by Crippen LogP contribution is 2.17. The Kier molecular flexibility index (Phi) is 7.07. The number of hydrogen-bond donors (Lipinski definition) is 2. The van der Waals surface area contributed by atoms with E-state index < -0.39 is 0 Å². The number of guanidine groups is 1. The van der Waals surface area contributed by atoms with E-state index in [-0.39, 0.29) is 0 Å². The quantitative estimate of drug-likeness (QED) is 0.600. The molecule has 0 saturated heterocycles. The third kappa shape index (κ3) is 5.96. The first-order chi connectivity index (χ1) is 10.8. The summed E-state index contributed by atoms with van der Waals surface area (Å²) in [5, 5.41) is 3.35. The van der Waals surface area contributed by atoms with Crippen molar-refractivity contribution in [1.29, 1.82) is 0 Å². The van der Waals surface area contributed by atoms with Gasteiger partial charge in [0.25, 0.3) is 0 Å². The Balaban J connectivity index is 1.75. The van der Waals surface area contributed by atoms with Crippen molar-refractivity contribution in [2.45, 2.75) is 57.9 Å². The number of benzene rings is 1. The predicted molar refractivity (Wildman–Crippen MR) is 92.4 cm³/mol. The number of nitrogens with zero attached hydrogens (tertiary/aromatic N) is 1. The predicted octanol–water partition coefficient (Wildman–Crippen LogP) is 3.25. The summed E-state index contributed by atoms with van der Waals surface area (Å²) in [6, 6.07) is 8.76. The molecule has 1 aromatic carbocycles. The smallest absolute Gasteiger partial charge is 0.188 e. The largest absolute Gasteiger partial charge is 0.494 e. The maximum Gasteiger partial charge on any atom is 0.188 e. The Bertz CT molecular complexity index is 467. The molecule has 1 saturated carbocycles. The fourth-order valence-electron chi connectivity index (χ4n) is 2.82. The minimum Gasteiger partial charge on any atom is -0.494 e. The summed E-state index contributed by atoms with van der Waals surface area (Å²) in [6.45, 7) is 3.59. The second kappa shape index (κ2) is 9.34. The molecule has 0 bridgehead atoms. The monoisotopic (exact) mass is 303 g/mol. The van der Waals surface area contributed by atoms with Crippen LogP contribution in [0, 0.1) is 0 Å². The molecule has 0 amide bonds. The van der Waals surface area contributed by atoms with Crippen molar-refractivity contribution in [3.05, 3.63) is 29.8 Å². The van der Waals surface area contributed by atoms with Crippen LogP contribution in [-0.4, -0.2) is 25.2 Å². The van der Waals surface area contributed by atoms with Crippen LogP contribution in [0.3, 0.4) is 0 Å². The van der Waals surface area contributed by atoms with Crippen LogP contribution in [0.5, 0.6) is 5.75 Å². The molecule has 22 heavy (non-hydrogen) atoms. The van der Waals surface area contributed by atoms with Crippen molar-refractivity contribution in [1.82, 2.24) is 5.32 Å². The number of nitrogens with one attached hydrogen (secondary N) is 1. The summed E-state index contributed by atoms with van der Waals surface area (Å²) < 4.78 is 5.65. The molecule has 0 atom stereocenters. The van der Waals surface area contributed by atoms with Crippen LogP contribution in [0.1, 0.15) is 51.0 Å². The molecule has 0 aromatic heterocycles. The Labute approximate surface area is 134 Å². The Hall–Kier alpha value is -1.71. The van der Waals surface area contributed by atoms with Crippen molar-refractivity contribution in [3.8, 4) is 5.75 Å². The number of rotatable bonds is 7. The molecule has 4 nitrogen and oxygen atoms in total. The Morgan fingerprint density at radius 3 is 2.91 bits per heavy atom. The van der Waals surface area contributed by atoms with Crippen molar-refractivity contribution in [2.24, 2.45) is 10.7 Å². The van der Waals surface area contributed by atoms with E-state index in [0.29, 0.717) is 18.5 Å². The summed E-state index contributed by atoms with van der Waals surface area (Å²) in [5.74, 6) is 1.53. The minimum absolute atomic E-state index is 0.517. The van der Waals surface area contributed by atoms with Gasteiger partial charge in [0, 0.05) is 12.6 Å². The van der Waals surface area contributed by atoms with E-state index in [1.807, 2.05) is 12.1 Å². The first-order valence-corrected chi connectivity index (χ1v) is 8.56. The lowest BCUT2D eigenvalue weighted by Crippen LogP contribution is -2.41. The zero-order valence-corrected chi connectivity index (χ0v) is 13.7. The molecule has 1 aromatic rings. The first kappa shape index (κ1) is 16.7. The van der Waals surface area contributed by atoms with Gasteiger partial charge in [0.05, 0.1) is 6.61 Å². The topological polar surface area (TPSA) is 59.6 Å². The van der Waals surface area contributed by atoms with Crippen LogP contribution < -0.4 is 15.8 Å². The van der Waals surface area contributed by atoms with E-state index in [4.69, 9.17) is 10.5 Å². The third-order valence-corrected chi connectivity index (χ3v) is 4.01. The van der Waals surface area contributed by atoms with Crippen LogP contribution in [0.2, 0.25) is 0 Å². The van der Waals surface area contributed by atoms with Crippen molar-refractivity contribution >= 4 is 5.96 Å². The normalized spacial score (nSPS) is 16.5. The maximum atomic E-state index is 5.98. The lowest BCUT2D eigenvalue weighted by Gasteiger charge is -2.23. The molecule has 0 heterocycles. The van der Waals surface area contributed by atoms with Gasteiger partial charge in [-0.1, -0.05) is 38.3 Å². The summed E-state index contributed by atoms with van der Waals surface area (Å²) >= 11 is 0. The Morgan fingerprint density at radius 1 is 1.32 bits per heavy atom. The second-order valence-corrected chi connectivity index (χ2v) is 5.99. The van der Waals surface area contributed by atoms with E-state index in [1.165, 1.54) is 37.7 Å². The molecule has 1 aliphatic carbocycles. The minimum atomic E-state index is 0.517. The fourth-order valence-corrected chi connectivity index (χ4v) is 2.82. The molecule has 2 rings (SSSR count). The molecule has 1 aliphatic rings. The van der Waals surface area contributed by atoms with Crippen molar-refractivity contribution in [2.75, 3.05) is 13.2 Å². The van der Waals surface area contributed by atoms with Crippen LogP contribution in [0.4, 0.5) is 0 Å². The van der Waals surface area contributed by atoms with E-state index in [2.05, 4.69) is 29.4 Å². The zero-order chi connectivity index (χ0) is 15.6. The highest BCUT2D eigenvalue weighted by Gasteiger charge is 2.13. The number of hydrogen-bond acceptors (Lipinski definition) is 2. The van der Waals surface area contributed by atoms with Crippen LogP contribution >= 0.6 is 0 Å². The first-order valence-electron chi connectivity index (χ1n) is 8.56. The summed E-state index contributed by atoms with van der Waals surface area (Å²) in [5.41, 5.74) is 7.22. The van der Waals surface area contributed by atoms with Crippen LogP contribution in [-0.2, 0) is 6.42 Å². The highest BCUT2D eigenvalue weighted by atomic mass is 16.5. The highest BCUT2D eigenvalue weighted by molar-refractivity contribution is 5.78. The lowest BCUT2D eigenvalue weighted by atomic mass is 9.96. The Morgan fingerprint density at radius 2 is 2.14 bits per heavy atom. The van der Waals surface area contributed by atoms with Crippen molar-refractivity contribution < 1.29 is 4.74 Å². The zero-order valence-electron chi connectivity index (χ0n) is 13.7. The number of ether oxygens (including phenoxy) is 1. The van der Waals surface area contributed by atoms with Gasteiger partial charge in [-0.05, 0) is 43.4 Å². The van der Waals surface area contributed by atoms with Crippen LogP contribution in [0.15, 0.2) is 29.3 Å². The summed E-state index contributed by atoms with van der Waals surface area (Å²) in [4.78, 5) is 4.45. The van der Waals surface area contributed by atoms with Gasteiger partial charge >= 0.3 is 0 Å². The van der Waals surface area contributed by atoms with E-state index in [9.17, 15) is 0 Å². The summed E-state index contributed by atoms with van der Waals surface area (Å²) in [6.07, 6.45) is 8.30. The van der Waals surface area contributed by atoms with E-state index in [1.54, 1.807) is 0 Å². The summed E-state index contributed by atoms with van der Waals surface area (Å²) in [7, 11) is 0. The molecule has 0 radical (unpaired) electrons. The molecule has 4 heteroatoms. The van der Waals surface area contributed by atoms with Gasteiger partial charge in [-0.25, -0.2) is 0 Å². The molecular formula is C18H29N3O. The molecule has 1 fully saturated rings. The molecule has 122 valence electrons. The molecule has 0 unspecified atom stereocenters. The molecule has 3 N–H and O–H groups in total. The standard InChI is InChI=1S/C18H29N3O/c1-2-13-22-17-10-6-7-15(14-17)11-12-20-18(19)21-16-8-4-3-5-9-16/h6-7,10,14,16H,2-5,8-9,11-13H2,1H3,(H3,19,20,21). The molecule has 0 aliphatic heterocycles. The van der Waals surface area contributed by atoms with Gasteiger partial charge in [-0.3, -0.25) is 4.99 Å². The van der Waals surface area contributed by atoms with Gasteiger partial charge in [0.15, 0.2) is 5.96 Å². The SMILES string of the molecule is CCCOc1cccc(CCN=C(N)NC2CCCCC2)c1. The van der Waals surface area contributed by atoms with Gasteiger partial charge in [0.1, 0.15) is 5.75 Å². The van der Waals surface area contributed by atoms with E-state index >= 15 is 0 Å². The number of nitrogens with two attached hydrogens (primary N) is 1. The van der Waals surface area contributed by atoms with Gasteiger partial charge in [0.2, 0.25) is 0 Å². The fraction of sp³-hybridized carbons (Fsp3) is 0.611. The van der Waals surface area contributed by atoms with E-state index in [0.717, 1.165) is 25.2 Å². The maximum absolute atomic E-state index is 5.98. The lowest BCUT2D eigenvalue weighted by molar-refractivity contribution is 0.317. The van der Waals surface area contributed by atoms with Gasteiger partial charge in [-0.15, -0.1) is 0 Å². The second-order valence-electron chi connectivity index (χ2n) is 5.99. The molecular weight excluding hydrogens is 274 g/mol. The number of aliphatic imine (C=N–C) groups is 1. The average Bonchev–Trinajstić information content (AvgIpc) is 2.54. The van der Waals surface area contributed by atoms with Crippen LogP contribution in [0.25, 0.3) is 0 Å². The average molecular weight is 303 g/mol. The van der Waals surface area contributed by atoms with Gasteiger partial charge in [-0.2, -0.15) is 0 Å².